The summed E-state index contributed by atoms with van der Waals surface area (Å²) in [7, 11) is 1.75. The van der Waals surface area contributed by atoms with Gasteiger partial charge in [-0.3, -0.25) is 0 Å². The van der Waals surface area contributed by atoms with Crippen LogP contribution >= 0.6 is 0 Å². The van der Waals surface area contributed by atoms with Crippen molar-refractivity contribution >= 4 is 0 Å². The highest BCUT2D eigenvalue weighted by Gasteiger charge is 2.20. The molecule has 0 saturated heterocycles. The molecule has 1 atom stereocenters. The molecule has 15 heavy (non-hydrogen) atoms. The first kappa shape index (κ1) is 12.9. The second-order valence-electron chi connectivity index (χ2n) is 4.39. The Morgan fingerprint density at radius 2 is 2.20 bits per heavy atom. The van der Waals surface area contributed by atoms with Gasteiger partial charge in [-0.05, 0) is 38.1 Å². The normalized spacial score (nSPS) is 18.0. The van der Waals surface area contributed by atoms with Crippen LogP contribution in [0.3, 0.4) is 0 Å². The third kappa shape index (κ3) is 6.88. The number of methoxy groups -OCH3 is 1. The van der Waals surface area contributed by atoms with Gasteiger partial charge >= 0.3 is 0 Å². The van der Waals surface area contributed by atoms with Gasteiger partial charge in [-0.2, -0.15) is 0 Å². The van der Waals surface area contributed by atoms with E-state index in [0.717, 1.165) is 45.1 Å². The van der Waals surface area contributed by atoms with Gasteiger partial charge in [0, 0.05) is 26.4 Å². The first-order valence-corrected chi connectivity index (χ1v) is 6.16. The average Bonchev–Trinajstić information content (AvgIpc) is 3.05. The predicted octanol–water partition coefficient (Wildman–Crippen LogP) is 1.82. The van der Waals surface area contributed by atoms with Crippen molar-refractivity contribution in [3.8, 4) is 0 Å². The fourth-order valence-electron chi connectivity index (χ4n) is 1.54. The summed E-state index contributed by atoms with van der Waals surface area (Å²) >= 11 is 0. The van der Waals surface area contributed by atoms with Crippen molar-refractivity contribution in [2.45, 2.75) is 38.6 Å². The van der Waals surface area contributed by atoms with E-state index in [2.05, 4.69) is 12.2 Å². The maximum absolute atomic E-state index is 5.56. The zero-order valence-corrected chi connectivity index (χ0v) is 10.1. The fraction of sp³-hybridized carbons (Fsp3) is 1.00. The van der Waals surface area contributed by atoms with E-state index in [1.54, 1.807) is 7.11 Å². The minimum absolute atomic E-state index is 0.499. The van der Waals surface area contributed by atoms with Gasteiger partial charge in [-0.25, -0.2) is 0 Å². The van der Waals surface area contributed by atoms with Crippen LogP contribution in [0.5, 0.6) is 0 Å². The Morgan fingerprint density at radius 3 is 2.80 bits per heavy atom. The van der Waals surface area contributed by atoms with Gasteiger partial charge in [0.15, 0.2) is 0 Å². The Bertz CT molecular complexity index is 149. The SMILES string of the molecule is CCC(COC)NCCCOCC1CC1. The highest BCUT2D eigenvalue weighted by molar-refractivity contribution is 4.72. The summed E-state index contributed by atoms with van der Waals surface area (Å²) in [6.45, 7) is 5.90. The van der Waals surface area contributed by atoms with E-state index in [1.165, 1.54) is 12.8 Å². The summed E-state index contributed by atoms with van der Waals surface area (Å²) in [6.07, 6.45) is 4.98. The molecule has 1 aliphatic carbocycles. The predicted molar refractivity (Wildman–Crippen MR) is 62.1 cm³/mol. The van der Waals surface area contributed by atoms with Crippen LogP contribution in [-0.2, 0) is 9.47 Å². The minimum atomic E-state index is 0.499. The molecule has 1 rings (SSSR count). The van der Waals surface area contributed by atoms with Crippen LogP contribution in [0.2, 0.25) is 0 Å². The summed E-state index contributed by atoms with van der Waals surface area (Å²) in [6, 6.07) is 0.499. The molecule has 90 valence electrons. The Hall–Kier alpha value is -0.120. The van der Waals surface area contributed by atoms with Gasteiger partial charge in [0.1, 0.15) is 0 Å². The Labute approximate surface area is 93.5 Å². The zero-order chi connectivity index (χ0) is 10.9. The molecule has 3 nitrogen and oxygen atoms in total. The third-order valence-electron chi connectivity index (χ3n) is 2.81. The van der Waals surface area contributed by atoms with Gasteiger partial charge in [-0.1, -0.05) is 6.92 Å². The summed E-state index contributed by atoms with van der Waals surface area (Å²) in [5.74, 6) is 0.884. The zero-order valence-electron chi connectivity index (χ0n) is 10.1. The van der Waals surface area contributed by atoms with Crippen molar-refractivity contribution in [3.05, 3.63) is 0 Å². The van der Waals surface area contributed by atoms with Crippen molar-refractivity contribution in [1.82, 2.24) is 5.32 Å². The molecular weight excluding hydrogens is 190 g/mol. The second-order valence-corrected chi connectivity index (χ2v) is 4.39. The van der Waals surface area contributed by atoms with E-state index in [1.807, 2.05) is 0 Å². The largest absolute Gasteiger partial charge is 0.383 e. The van der Waals surface area contributed by atoms with Crippen LogP contribution < -0.4 is 5.32 Å². The minimum Gasteiger partial charge on any atom is -0.383 e. The first-order chi connectivity index (χ1) is 7.36. The molecule has 1 saturated carbocycles. The number of hydrogen-bond acceptors (Lipinski definition) is 3. The summed E-state index contributed by atoms with van der Waals surface area (Å²) in [5, 5.41) is 3.47. The molecule has 0 aliphatic heterocycles. The molecule has 0 heterocycles. The molecule has 1 aliphatic rings. The van der Waals surface area contributed by atoms with Gasteiger partial charge in [0.2, 0.25) is 0 Å². The van der Waals surface area contributed by atoms with Crippen molar-refractivity contribution in [3.63, 3.8) is 0 Å². The lowest BCUT2D eigenvalue weighted by molar-refractivity contribution is 0.118. The monoisotopic (exact) mass is 215 g/mol. The number of rotatable bonds is 10. The van der Waals surface area contributed by atoms with Gasteiger partial charge in [0.25, 0.3) is 0 Å². The van der Waals surface area contributed by atoms with E-state index in [4.69, 9.17) is 9.47 Å². The molecule has 3 heteroatoms. The molecule has 0 amide bonds. The summed E-state index contributed by atoms with van der Waals surface area (Å²) in [4.78, 5) is 0. The van der Waals surface area contributed by atoms with E-state index in [-0.39, 0.29) is 0 Å². The molecule has 1 N–H and O–H groups in total. The smallest absolute Gasteiger partial charge is 0.0615 e. The van der Waals surface area contributed by atoms with Crippen LogP contribution in [0, 0.1) is 5.92 Å². The summed E-state index contributed by atoms with van der Waals surface area (Å²) < 4.78 is 10.7. The molecule has 0 aromatic carbocycles. The molecule has 0 aromatic rings. The highest BCUT2D eigenvalue weighted by Crippen LogP contribution is 2.28. The topological polar surface area (TPSA) is 30.5 Å². The highest BCUT2D eigenvalue weighted by atomic mass is 16.5. The molecule has 0 aromatic heterocycles. The van der Waals surface area contributed by atoms with E-state index in [0.29, 0.717) is 6.04 Å². The van der Waals surface area contributed by atoms with E-state index >= 15 is 0 Å². The number of ether oxygens (including phenoxy) is 2. The lowest BCUT2D eigenvalue weighted by atomic mass is 10.2. The first-order valence-electron chi connectivity index (χ1n) is 6.16. The van der Waals surface area contributed by atoms with Gasteiger partial charge in [-0.15, -0.1) is 0 Å². The lowest BCUT2D eigenvalue weighted by Crippen LogP contribution is -2.33. The molecule has 0 radical (unpaired) electrons. The maximum atomic E-state index is 5.56. The van der Waals surface area contributed by atoms with Crippen molar-refractivity contribution in [2.75, 3.05) is 33.5 Å². The number of nitrogens with one attached hydrogen (secondary N) is 1. The molecule has 1 unspecified atom stereocenters. The van der Waals surface area contributed by atoms with Crippen LogP contribution in [0.1, 0.15) is 32.6 Å². The second kappa shape index (κ2) is 8.08. The van der Waals surface area contributed by atoms with Crippen LogP contribution in [-0.4, -0.2) is 39.5 Å². The Kier molecular flexibility index (Phi) is 6.98. The van der Waals surface area contributed by atoms with E-state index in [9.17, 15) is 0 Å². The maximum Gasteiger partial charge on any atom is 0.0615 e. The van der Waals surface area contributed by atoms with Crippen molar-refractivity contribution in [1.29, 1.82) is 0 Å². The van der Waals surface area contributed by atoms with Crippen LogP contribution in [0.25, 0.3) is 0 Å². The Balaban J connectivity index is 1.81. The average molecular weight is 215 g/mol. The van der Waals surface area contributed by atoms with Crippen LogP contribution in [0.15, 0.2) is 0 Å². The number of hydrogen-bond donors (Lipinski definition) is 1. The van der Waals surface area contributed by atoms with Gasteiger partial charge in [0.05, 0.1) is 6.61 Å². The summed E-state index contributed by atoms with van der Waals surface area (Å²) in [5.41, 5.74) is 0. The van der Waals surface area contributed by atoms with Crippen LogP contribution in [0.4, 0.5) is 0 Å². The van der Waals surface area contributed by atoms with Crippen molar-refractivity contribution < 1.29 is 9.47 Å². The molecular formula is C12H25NO2. The quantitative estimate of drug-likeness (QED) is 0.564. The molecule has 0 bridgehead atoms. The fourth-order valence-corrected chi connectivity index (χ4v) is 1.54. The van der Waals surface area contributed by atoms with E-state index < -0.39 is 0 Å². The lowest BCUT2D eigenvalue weighted by Gasteiger charge is -2.15. The standard InChI is InChI=1S/C12H25NO2/c1-3-12(10-14-2)13-7-4-8-15-9-11-5-6-11/h11-13H,3-10H2,1-2H3. The van der Waals surface area contributed by atoms with Gasteiger partial charge < -0.3 is 14.8 Å². The molecule has 0 spiro atoms. The van der Waals surface area contributed by atoms with Crippen molar-refractivity contribution in [2.24, 2.45) is 5.92 Å². The Morgan fingerprint density at radius 1 is 1.40 bits per heavy atom. The molecule has 1 fully saturated rings. The third-order valence-corrected chi connectivity index (χ3v) is 2.81.